The van der Waals surface area contributed by atoms with E-state index in [4.69, 9.17) is 0 Å². The van der Waals surface area contributed by atoms with Crippen LogP contribution in [0.15, 0.2) is 24.3 Å². The number of carbonyl (C=O) groups is 1. The molecule has 0 aliphatic carbocycles. The molecule has 0 spiro atoms. The highest BCUT2D eigenvalue weighted by Gasteiger charge is 2.20. The molecule has 0 aliphatic rings. The van der Waals surface area contributed by atoms with Gasteiger partial charge in [0.25, 0.3) is 0 Å². The minimum Gasteiger partial charge on any atom is -0.349 e. The van der Waals surface area contributed by atoms with E-state index >= 15 is 0 Å². The van der Waals surface area contributed by atoms with Gasteiger partial charge in [-0.3, -0.25) is 9.10 Å². The number of amides is 1. The molecule has 0 radical (unpaired) electrons. The number of nitrogens with zero attached hydrogens (tertiary/aromatic N) is 2. The maximum absolute atomic E-state index is 13.7. The topological polar surface area (TPSA) is 57.7 Å². The monoisotopic (exact) mass is 302 g/mol. The van der Waals surface area contributed by atoms with Gasteiger partial charge in [0.2, 0.25) is 15.9 Å². The number of para-hydroxylation sites is 1. The van der Waals surface area contributed by atoms with Gasteiger partial charge in [-0.25, -0.2) is 12.8 Å². The van der Waals surface area contributed by atoms with Gasteiger partial charge in [0.05, 0.1) is 11.9 Å². The zero-order valence-electron chi connectivity index (χ0n) is 11.8. The summed E-state index contributed by atoms with van der Waals surface area (Å²) in [4.78, 5) is 12.9. The number of hydrogen-bond acceptors (Lipinski definition) is 3. The first-order chi connectivity index (χ1) is 9.23. The van der Waals surface area contributed by atoms with Crippen molar-refractivity contribution in [2.75, 3.05) is 31.2 Å². The quantitative estimate of drug-likeness (QED) is 0.799. The lowest BCUT2D eigenvalue weighted by Crippen LogP contribution is -2.32. The Morgan fingerprint density at radius 1 is 1.25 bits per heavy atom. The minimum atomic E-state index is -3.59. The average Bonchev–Trinajstić information content (AvgIpc) is 2.34. The number of benzene rings is 1. The van der Waals surface area contributed by atoms with Crippen molar-refractivity contribution in [2.45, 2.75) is 12.8 Å². The largest absolute Gasteiger partial charge is 0.349 e. The summed E-state index contributed by atoms with van der Waals surface area (Å²) in [6.07, 6.45) is 1.57. The van der Waals surface area contributed by atoms with Gasteiger partial charge in [-0.1, -0.05) is 12.1 Å². The average molecular weight is 302 g/mol. The van der Waals surface area contributed by atoms with Crippen LogP contribution in [0, 0.1) is 5.82 Å². The zero-order valence-corrected chi connectivity index (χ0v) is 12.7. The van der Waals surface area contributed by atoms with Crippen LogP contribution in [-0.4, -0.2) is 46.1 Å². The minimum absolute atomic E-state index is 0.00676. The molecule has 1 amide bonds. The Morgan fingerprint density at radius 3 is 2.35 bits per heavy atom. The van der Waals surface area contributed by atoms with Gasteiger partial charge >= 0.3 is 0 Å². The predicted octanol–water partition coefficient (Wildman–Crippen LogP) is 1.46. The van der Waals surface area contributed by atoms with E-state index in [1.165, 1.54) is 23.1 Å². The Bertz CT molecular complexity index is 573. The molecule has 0 bridgehead atoms. The molecule has 0 fully saturated rings. The lowest BCUT2D eigenvalue weighted by molar-refractivity contribution is -0.128. The van der Waals surface area contributed by atoms with Crippen LogP contribution < -0.4 is 4.31 Å². The maximum Gasteiger partial charge on any atom is 0.232 e. The number of carbonyl (C=O) groups excluding carboxylic acids is 1. The molecule has 1 rings (SSSR count). The van der Waals surface area contributed by atoms with Gasteiger partial charge in [0.15, 0.2) is 0 Å². The third-order valence-corrected chi connectivity index (χ3v) is 3.95. The molecule has 0 saturated carbocycles. The molecule has 1 aromatic rings. The van der Waals surface area contributed by atoms with Crippen molar-refractivity contribution in [3.63, 3.8) is 0 Å². The molecule has 0 aliphatic heterocycles. The molecule has 0 heterocycles. The second-order valence-electron chi connectivity index (χ2n) is 4.68. The summed E-state index contributed by atoms with van der Waals surface area (Å²) < 4.78 is 38.2. The first-order valence-corrected chi connectivity index (χ1v) is 8.00. The smallest absolute Gasteiger partial charge is 0.232 e. The highest BCUT2D eigenvalue weighted by molar-refractivity contribution is 7.92. The van der Waals surface area contributed by atoms with Gasteiger partial charge in [0.1, 0.15) is 5.82 Å². The second-order valence-corrected chi connectivity index (χ2v) is 6.59. The summed E-state index contributed by atoms with van der Waals surface area (Å²) in [5.74, 6) is -0.691. The van der Waals surface area contributed by atoms with Crippen molar-refractivity contribution in [2.24, 2.45) is 0 Å². The van der Waals surface area contributed by atoms with Gasteiger partial charge in [-0.05, 0) is 18.6 Å². The number of hydrogen-bond donors (Lipinski definition) is 0. The lowest BCUT2D eigenvalue weighted by atomic mass is 10.2. The van der Waals surface area contributed by atoms with E-state index in [2.05, 4.69) is 0 Å². The number of anilines is 1. The third-order valence-electron chi connectivity index (χ3n) is 2.77. The lowest BCUT2D eigenvalue weighted by Gasteiger charge is -2.23. The van der Waals surface area contributed by atoms with Crippen molar-refractivity contribution in [3.05, 3.63) is 30.1 Å². The molecule has 0 atom stereocenters. The van der Waals surface area contributed by atoms with E-state index in [0.29, 0.717) is 6.42 Å². The molecule has 0 aromatic heterocycles. The third kappa shape index (κ3) is 4.48. The van der Waals surface area contributed by atoms with E-state index in [1.807, 2.05) is 0 Å². The van der Waals surface area contributed by atoms with Crippen molar-refractivity contribution < 1.29 is 17.6 Å². The molecule has 0 unspecified atom stereocenters. The molecule has 7 heteroatoms. The van der Waals surface area contributed by atoms with Crippen molar-refractivity contribution >= 4 is 21.6 Å². The molecule has 1 aromatic carbocycles. The van der Waals surface area contributed by atoms with E-state index in [9.17, 15) is 17.6 Å². The first-order valence-electron chi connectivity index (χ1n) is 6.16. The van der Waals surface area contributed by atoms with Crippen LogP contribution in [0.3, 0.4) is 0 Å². The molecular formula is C13H19FN2O3S. The zero-order chi connectivity index (χ0) is 15.3. The predicted molar refractivity (Wildman–Crippen MR) is 76.5 cm³/mol. The van der Waals surface area contributed by atoms with E-state index in [-0.39, 0.29) is 24.6 Å². The Kier molecular flexibility index (Phi) is 5.50. The Balaban J connectivity index is 2.83. The number of sulfonamides is 1. The summed E-state index contributed by atoms with van der Waals surface area (Å²) in [7, 11) is -0.325. The van der Waals surface area contributed by atoms with Crippen LogP contribution in [0.1, 0.15) is 12.8 Å². The van der Waals surface area contributed by atoms with Crippen LogP contribution in [0.25, 0.3) is 0 Å². The molecular weight excluding hydrogens is 283 g/mol. The van der Waals surface area contributed by atoms with Gasteiger partial charge in [-0.15, -0.1) is 0 Å². The highest BCUT2D eigenvalue weighted by Crippen LogP contribution is 2.21. The molecule has 112 valence electrons. The Morgan fingerprint density at radius 2 is 1.85 bits per heavy atom. The Labute approximate surface area is 119 Å². The van der Waals surface area contributed by atoms with Gasteiger partial charge < -0.3 is 4.90 Å². The summed E-state index contributed by atoms with van der Waals surface area (Å²) >= 11 is 0. The van der Waals surface area contributed by atoms with Crippen molar-refractivity contribution in [3.8, 4) is 0 Å². The van der Waals surface area contributed by atoms with Crippen LogP contribution in [0.4, 0.5) is 10.1 Å². The second kappa shape index (κ2) is 6.69. The molecule has 5 nitrogen and oxygen atoms in total. The van der Waals surface area contributed by atoms with Crippen molar-refractivity contribution in [1.29, 1.82) is 0 Å². The summed E-state index contributed by atoms with van der Waals surface area (Å²) in [5.41, 5.74) is 0.00676. The highest BCUT2D eigenvalue weighted by atomic mass is 32.2. The van der Waals surface area contributed by atoms with Crippen LogP contribution >= 0.6 is 0 Å². The van der Waals surface area contributed by atoms with E-state index in [0.717, 1.165) is 10.6 Å². The van der Waals surface area contributed by atoms with Gasteiger partial charge in [0, 0.05) is 27.1 Å². The fraction of sp³-hybridized carbons (Fsp3) is 0.462. The number of halogens is 1. The maximum atomic E-state index is 13.7. The molecule has 0 saturated heterocycles. The molecule has 20 heavy (non-hydrogen) atoms. The van der Waals surface area contributed by atoms with Crippen LogP contribution in [0.5, 0.6) is 0 Å². The van der Waals surface area contributed by atoms with E-state index < -0.39 is 15.8 Å². The SMILES string of the molecule is CN(C)C(=O)CCCN(c1ccccc1F)S(C)(=O)=O. The van der Waals surface area contributed by atoms with E-state index in [1.54, 1.807) is 20.2 Å². The first kappa shape index (κ1) is 16.4. The van der Waals surface area contributed by atoms with Crippen LogP contribution in [0.2, 0.25) is 0 Å². The summed E-state index contributed by atoms with van der Waals surface area (Å²) in [6, 6.07) is 5.68. The summed E-state index contributed by atoms with van der Waals surface area (Å²) in [5, 5.41) is 0. The standard InChI is InChI=1S/C13H19FN2O3S/c1-15(2)13(17)9-6-10-16(20(3,18)19)12-8-5-4-7-11(12)14/h4-5,7-8H,6,9-10H2,1-3H3. The van der Waals surface area contributed by atoms with Crippen molar-refractivity contribution in [1.82, 2.24) is 4.90 Å². The fourth-order valence-corrected chi connectivity index (χ4v) is 2.68. The number of rotatable bonds is 6. The van der Waals surface area contributed by atoms with Crippen LogP contribution in [-0.2, 0) is 14.8 Å². The molecule has 0 N–H and O–H groups in total. The summed E-state index contributed by atoms with van der Waals surface area (Å²) in [6.45, 7) is 0.0688. The van der Waals surface area contributed by atoms with Gasteiger partial charge in [-0.2, -0.15) is 0 Å². The Hall–Kier alpha value is -1.63. The fourth-order valence-electron chi connectivity index (χ4n) is 1.72. The normalized spacial score (nSPS) is 11.2.